The van der Waals surface area contributed by atoms with Crippen molar-refractivity contribution < 1.29 is 14.3 Å². The van der Waals surface area contributed by atoms with E-state index in [0.29, 0.717) is 22.7 Å². The molecule has 2 aromatic carbocycles. The molecule has 1 aromatic heterocycles. The molecule has 24 heavy (non-hydrogen) atoms. The Morgan fingerprint density at radius 1 is 1.04 bits per heavy atom. The number of fused-ring (bicyclic) bond motifs is 1. The van der Waals surface area contributed by atoms with Crippen molar-refractivity contribution >= 4 is 22.5 Å². The van der Waals surface area contributed by atoms with Gasteiger partial charge in [-0.1, -0.05) is 18.2 Å². The van der Waals surface area contributed by atoms with Gasteiger partial charge in [-0.25, -0.2) is 0 Å². The number of benzene rings is 2. The highest BCUT2D eigenvalue weighted by Crippen LogP contribution is 2.27. The van der Waals surface area contributed by atoms with Crippen LogP contribution >= 0.6 is 0 Å². The average molecular weight is 322 g/mol. The number of rotatable bonds is 4. The second-order valence-electron chi connectivity index (χ2n) is 5.35. The molecule has 0 atom stereocenters. The molecule has 0 spiro atoms. The molecule has 0 aliphatic carbocycles. The predicted molar refractivity (Wildman–Crippen MR) is 94.0 cm³/mol. The van der Waals surface area contributed by atoms with Crippen LogP contribution in [0.15, 0.2) is 48.5 Å². The van der Waals surface area contributed by atoms with Crippen LogP contribution in [0.3, 0.4) is 0 Å². The lowest BCUT2D eigenvalue weighted by Gasteiger charge is -2.12. The van der Waals surface area contributed by atoms with Gasteiger partial charge in [-0.2, -0.15) is 0 Å². The van der Waals surface area contributed by atoms with Gasteiger partial charge in [0, 0.05) is 17.1 Å². The minimum atomic E-state index is -0.259. The molecule has 0 fully saturated rings. The molecule has 0 unspecified atom stereocenters. The van der Waals surface area contributed by atoms with E-state index in [1.165, 1.54) is 7.11 Å². The van der Waals surface area contributed by atoms with E-state index in [1.807, 2.05) is 37.3 Å². The van der Waals surface area contributed by atoms with Crippen LogP contribution in [0.1, 0.15) is 16.1 Å². The largest absolute Gasteiger partial charge is 0.497 e. The van der Waals surface area contributed by atoms with E-state index in [2.05, 4.69) is 10.3 Å². The number of pyridine rings is 1. The maximum absolute atomic E-state index is 12.7. The number of hydrogen-bond donors (Lipinski definition) is 1. The molecule has 5 nitrogen and oxygen atoms in total. The first-order valence-electron chi connectivity index (χ1n) is 7.52. The van der Waals surface area contributed by atoms with Gasteiger partial charge in [0.25, 0.3) is 5.91 Å². The summed E-state index contributed by atoms with van der Waals surface area (Å²) in [5, 5.41) is 3.89. The zero-order chi connectivity index (χ0) is 17.1. The Bertz CT molecular complexity index is 906. The summed E-state index contributed by atoms with van der Waals surface area (Å²) < 4.78 is 10.5. The van der Waals surface area contributed by atoms with Crippen LogP contribution in [0, 0.1) is 6.92 Å². The van der Waals surface area contributed by atoms with Crippen molar-refractivity contribution in [1.29, 1.82) is 0 Å². The summed E-state index contributed by atoms with van der Waals surface area (Å²) in [5.41, 5.74) is 2.76. The van der Waals surface area contributed by atoms with Crippen molar-refractivity contribution in [3.05, 3.63) is 59.8 Å². The molecule has 3 aromatic rings. The summed E-state index contributed by atoms with van der Waals surface area (Å²) >= 11 is 0. The molecule has 0 radical (unpaired) electrons. The van der Waals surface area contributed by atoms with Gasteiger partial charge in [0.05, 0.1) is 31.0 Å². The first-order valence-corrected chi connectivity index (χ1v) is 7.52. The summed E-state index contributed by atoms with van der Waals surface area (Å²) in [6.45, 7) is 1.92. The summed E-state index contributed by atoms with van der Waals surface area (Å²) in [5.74, 6) is 0.826. The Labute approximate surface area is 140 Å². The van der Waals surface area contributed by atoms with E-state index in [-0.39, 0.29) is 5.91 Å². The molecular weight excluding hydrogens is 304 g/mol. The second kappa shape index (κ2) is 6.58. The third-order valence-corrected chi connectivity index (χ3v) is 3.76. The zero-order valence-electron chi connectivity index (χ0n) is 13.8. The molecule has 122 valence electrons. The van der Waals surface area contributed by atoms with Crippen LogP contribution in [0.5, 0.6) is 11.5 Å². The fourth-order valence-electron chi connectivity index (χ4n) is 2.52. The van der Waals surface area contributed by atoms with Gasteiger partial charge >= 0.3 is 0 Å². The van der Waals surface area contributed by atoms with E-state index in [1.54, 1.807) is 25.3 Å². The minimum absolute atomic E-state index is 0.259. The van der Waals surface area contributed by atoms with Gasteiger partial charge in [0.15, 0.2) is 0 Å². The lowest BCUT2D eigenvalue weighted by molar-refractivity contribution is 0.102. The van der Waals surface area contributed by atoms with Gasteiger partial charge < -0.3 is 14.8 Å². The number of carbonyl (C=O) groups is 1. The highest BCUT2D eigenvalue weighted by atomic mass is 16.5. The van der Waals surface area contributed by atoms with Crippen molar-refractivity contribution in [2.75, 3.05) is 19.5 Å². The fraction of sp³-hybridized carbons (Fsp3) is 0.158. The molecule has 5 heteroatoms. The second-order valence-corrected chi connectivity index (χ2v) is 5.35. The van der Waals surface area contributed by atoms with Gasteiger partial charge in [-0.15, -0.1) is 0 Å². The number of aryl methyl sites for hydroxylation is 1. The Hall–Kier alpha value is -3.08. The standard InChI is InChI=1S/C19H18N2O3/c1-12-7-8-13-5-4-6-16(18(13)20-12)21-19(22)15-10-9-14(23-2)11-17(15)24-3/h4-11H,1-3H3,(H,21,22). The lowest BCUT2D eigenvalue weighted by Crippen LogP contribution is -2.13. The van der Waals surface area contributed by atoms with Crippen molar-refractivity contribution in [3.63, 3.8) is 0 Å². The SMILES string of the molecule is COc1ccc(C(=O)Nc2cccc3ccc(C)nc23)c(OC)c1. The number of hydrogen-bond acceptors (Lipinski definition) is 4. The number of para-hydroxylation sites is 1. The number of anilines is 1. The van der Waals surface area contributed by atoms with Crippen molar-refractivity contribution in [2.24, 2.45) is 0 Å². The van der Waals surface area contributed by atoms with Crippen LogP contribution in [0.2, 0.25) is 0 Å². The molecule has 1 amide bonds. The van der Waals surface area contributed by atoms with Crippen molar-refractivity contribution in [1.82, 2.24) is 4.98 Å². The van der Waals surface area contributed by atoms with E-state index >= 15 is 0 Å². The van der Waals surface area contributed by atoms with Crippen LogP contribution in [0.4, 0.5) is 5.69 Å². The Morgan fingerprint density at radius 2 is 1.88 bits per heavy atom. The Morgan fingerprint density at radius 3 is 2.62 bits per heavy atom. The maximum Gasteiger partial charge on any atom is 0.259 e. The normalized spacial score (nSPS) is 10.5. The van der Waals surface area contributed by atoms with E-state index in [4.69, 9.17) is 9.47 Å². The molecule has 0 bridgehead atoms. The number of nitrogens with zero attached hydrogens (tertiary/aromatic N) is 1. The first kappa shape index (κ1) is 15.8. The monoisotopic (exact) mass is 322 g/mol. The van der Waals surface area contributed by atoms with Crippen LogP contribution < -0.4 is 14.8 Å². The molecule has 0 saturated carbocycles. The summed E-state index contributed by atoms with van der Waals surface area (Å²) in [6, 6.07) is 14.7. The van der Waals surface area contributed by atoms with Crippen molar-refractivity contribution in [3.8, 4) is 11.5 Å². The Balaban J connectivity index is 1.97. The number of ether oxygens (including phenoxy) is 2. The third-order valence-electron chi connectivity index (χ3n) is 3.76. The minimum Gasteiger partial charge on any atom is -0.497 e. The third kappa shape index (κ3) is 3.01. The molecule has 1 N–H and O–H groups in total. The van der Waals surface area contributed by atoms with Crippen LogP contribution in [-0.4, -0.2) is 25.1 Å². The van der Waals surface area contributed by atoms with Gasteiger partial charge in [0.1, 0.15) is 11.5 Å². The molecule has 3 rings (SSSR count). The summed E-state index contributed by atoms with van der Waals surface area (Å²) in [4.78, 5) is 17.2. The van der Waals surface area contributed by atoms with Crippen molar-refractivity contribution in [2.45, 2.75) is 6.92 Å². The Kier molecular flexibility index (Phi) is 4.33. The molecule has 0 aliphatic rings. The van der Waals surface area contributed by atoms with E-state index < -0.39 is 0 Å². The average Bonchev–Trinajstić information content (AvgIpc) is 2.61. The predicted octanol–water partition coefficient (Wildman–Crippen LogP) is 3.81. The van der Waals surface area contributed by atoms with E-state index in [0.717, 1.165) is 16.6 Å². The molecule has 0 aliphatic heterocycles. The topological polar surface area (TPSA) is 60.5 Å². The molecular formula is C19H18N2O3. The lowest BCUT2D eigenvalue weighted by atomic mass is 10.1. The number of nitrogens with one attached hydrogen (secondary N) is 1. The first-order chi connectivity index (χ1) is 11.6. The number of aromatic nitrogens is 1. The van der Waals surface area contributed by atoms with Crippen LogP contribution in [-0.2, 0) is 0 Å². The summed E-state index contributed by atoms with van der Waals surface area (Å²) in [7, 11) is 3.09. The quantitative estimate of drug-likeness (QED) is 0.793. The number of carbonyl (C=O) groups excluding carboxylic acids is 1. The zero-order valence-corrected chi connectivity index (χ0v) is 13.8. The highest BCUT2D eigenvalue weighted by Gasteiger charge is 2.15. The number of methoxy groups -OCH3 is 2. The molecule has 1 heterocycles. The van der Waals surface area contributed by atoms with Gasteiger partial charge in [-0.05, 0) is 31.2 Å². The number of amides is 1. The maximum atomic E-state index is 12.7. The molecule has 0 saturated heterocycles. The van der Waals surface area contributed by atoms with E-state index in [9.17, 15) is 4.79 Å². The highest BCUT2D eigenvalue weighted by molar-refractivity contribution is 6.09. The van der Waals surface area contributed by atoms with Gasteiger partial charge in [-0.3, -0.25) is 9.78 Å². The summed E-state index contributed by atoms with van der Waals surface area (Å²) in [6.07, 6.45) is 0. The van der Waals surface area contributed by atoms with Gasteiger partial charge in [0.2, 0.25) is 0 Å². The van der Waals surface area contributed by atoms with Crippen LogP contribution in [0.25, 0.3) is 10.9 Å². The smallest absolute Gasteiger partial charge is 0.259 e. The fourth-order valence-corrected chi connectivity index (χ4v) is 2.52.